The van der Waals surface area contributed by atoms with Crippen LogP contribution in [0.15, 0.2) is 86.4 Å². The van der Waals surface area contributed by atoms with Crippen LogP contribution in [0, 0.1) is 6.92 Å². The molecule has 140 valence electrons. The lowest BCUT2D eigenvalue weighted by Gasteiger charge is -2.06. The fourth-order valence-electron chi connectivity index (χ4n) is 2.80. The lowest BCUT2D eigenvalue weighted by atomic mass is 10.1. The zero-order valence-corrected chi connectivity index (χ0v) is 16.5. The second-order valence-corrected chi connectivity index (χ2v) is 9.01. The van der Waals surface area contributed by atoms with Crippen molar-refractivity contribution in [3.8, 4) is 10.6 Å². The molecule has 2 heterocycles. The third kappa shape index (κ3) is 3.19. The smallest absolute Gasteiger partial charge is 0.216 e. The molecule has 0 spiro atoms. The standard InChI is InChI=1S/C21H15NO4S2/c1-14-9-11-15(12-10-14)19(23)18-21(20(26-22-18)17-8-5-13-27-17)28(24,25)16-6-3-2-4-7-16/h2-13H,1H3. The molecule has 4 rings (SSSR count). The summed E-state index contributed by atoms with van der Waals surface area (Å²) in [6.45, 7) is 1.91. The summed E-state index contributed by atoms with van der Waals surface area (Å²) in [6, 6.07) is 18.4. The summed E-state index contributed by atoms with van der Waals surface area (Å²) < 4.78 is 32.1. The van der Waals surface area contributed by atoms with Gasteiger partial charge in [-0.3, -0.25) is 4.79 Å². The largest absolute Gasteiger partial charge is 0.353 e. The number of ketones is 1. The van der Waals surface area contributed by atoms with Crippen LogP contribution in [-0.2, 0) is 9.84 Å². The van der Waals surface area contributed by atoms with Crippen molar-refractivity contribution in [3.63, 3.8) is 0 Å². The fourth-order valence-corrected chi connectivity index (χ4v) is 5.10. The zero-order valence-electron chi connectivity index (χ0n) is 14.8. The van der Waals surface area contributed by atoms with Gasteiger partial charge in [0, 0.05) is 5.56 Å². The minimum Gasteiger partial charge on any atom is -0.353 e. The topological polar surface area (TPSA) is 77.2 Å². The minimum absolute atomic E-state index is 0.0777. The second-order valence-electron chi connectivity index (χ2n) is 6.18. The Kier molecular flexibility index (Phi) is 4.70. The maximum Gasteiger partial charge on any atom is 0.216 e. The van der Waals surface area contributed by atoms with Gasteiger partial charge in [0.05, 0.1) is 9.77 Å². The molecular formula is C21H15NO4S2. The zero-order chi connectivity index (χ0) is 19.7. The van der Waals surface area contributed by atoms with Gasteiger partial charge in [-0.15, -0.1) is 11.3 Å². The van der Waals surface area contributed by atoms with E-state index < -0.39 is 15.6 Å². The van der Waals surface area contributed by atoms with Gasteiger partial charge in [0.25, 0.3) is 0 Å². The van der Waals surface area contributed by atoms with Crippen LogP contribution in [0.3, 0.4) is 0 Å². The molecule has 5 nitrogen and oxygen atoms in total. The molecule has 7 heteroatoms. The van der Waals surface area contributed by atoms with Gasteiger partial charge in [-0.1, -0.05) is 59.3 Å². The first-order valence-electron chi connectivity index (χ1n) is 8.43. The van der Waals surface area contributed by atoms with Crippen molar-refractivity contribution in [2.45, 2.75) is 16.7 Å². The molecule has 0 N–H and O–H groups in total. The summed E-state index contributed by atoms with van der Waals surface area (Å²) in [5, 5.41) is 5.67. The summed E-state index contributed by atoms with van der Waals surface area (Å²) in [4.78, 5) is 13.5. The van der Waals surface area contributed by atoms with E-state index in [1.807, 2.05) is 6.92 Å². The molecule has 0 radical (unpaired) electrons. The van der Waals surface area contributed by atoms with Crippen molar-refractivity contribution in [2.75, 3.05) is 0 Å². The van der Waals surface area contributed by atoms with E-state index in [1.165, 1.54) is 23.5 Å². The van der Waals surface area contributed by atoms with E-state index in [-0.39, 0.29) is 21.2 Å². The van der Waals surface area contributed by atoms with E-state index in [4.69, 9.17) is 4.52 Å². The average Bonchev–Trinajstić information content (AvgIpc) is 3.38. The summed E-state index contributed by atoms with van der Waals surface area (Å²) in [7, 11) is -4.01. The highest BCUT2D eigenvalue weighted by Crippen LogP contribution is 2.37. The van der Waals surface area contributed by atoms with Gasteiger partial charge in [0.1, 0.15) is 0 Å². The highest BCUT2D eigenvalue weighted by Gasteiger charge is 2.34. The van der Waals surface area contributed by atoms with Crippen LogP contribution in [0.2, 0.25) is 0 Å². The summed E-state index contributed by atoms with van der Waals surface area (Å²) in [6.07, 6.45) is 0. The fraction of sp³-hybridized carbons (Fsp3) is 0.0476. The second kappa shape index (κ2) is 7.18. The summed E-state index contributed by atoms with van der Waals surface area (Å²) in [5.41, 5.74) is 1.13. The number of carbonyl (C=O) groups is 1. The number of carbonyl (C=O) groups excluding carboxylic acids is 1. The van der Waals surface area contributed by atoms with Crippen molar-refractivity contribution >= 4 is 27.0 Å². The number of thiophene rings is 1. The predicted molar refractivity (Wildman–Crippen MR) is 106 cm³/mol. The maximum atomic E-state index is 13.4. The molecule has 0 unspecified atom stereocenters. The number of aryl methyl sites for hydroxylation is 1. The van der Waals surface area contributed by atoms with Crippen LogP contribution in [0.25, 0.3) is 10.6 Å². The highest BCUT2D eigenvalue weighted by molar-refractivity contribution is 7.91. The third-order valence-corrected chi connectivity index (χ3v) is 6.92. The lowest BCUT2D eigenvalue weighted by Crippen LogP contribution is -2.10. The van der Waals surface area contributed by atoms with Crippen molar-refractivity contribution in [1.29, 1.82) is 0 Å². The third-order valence-electron chi connectivity index (χ3n) is 4.25. The molecule has 2 aromatic carbocycles. The molecule has 4 aromatic rings. The van der Waals surface area contributed by atoms with Crippen LogP contribution in [0.4, 0.5) is 0 Å². The molecule has 28 heavy (non-hydrogen) atoms. The number of nitrogens with zero attached hydrogens (tertiary/aromatic N) is 1. The number of aromatic nitrogens is 1. The van der Waals surface area contributed by atoms with Gasteiger partial charge in [-0.25, -0.2) is 8.42 Å². The normalized spacial score (nSPS) is 11.5. The molecule has 0 atom stereocenters. The molecule has 0 aliphatic rings. The Labute approximate surface area is 166 Å². The quantitative estimate of drug-likeness (QED) is 0.444. The predicted octanol–water partition coefficient (Wildman–Crippen LogP) is 4.78. The number of rotatable bonds is 5. The van der Waals surface area contributed by atoms with Crippen molar-refractivity contribution in [3.05, 3.63) is 88.9 Å². The molecule has 0 aliphatic heterocycles. The molecule has 0 aliphatic carbocycles. The Hall–Kier alpha value is -3.03. The van der Waals surface area contributed by atoms with Gasteiger partial charge >= 0.3 is 0 Å². The molecule has 2 aromatic heterocycles. The first-order chi connectivity index (χ1) is 13.5. The highest BCUT2D eigenvalue weighted by atomic mass is 32.2. The van der Waals surface area contributed by atoms with E-state index in [0.29, 0.717) is 10.4 Å². The van der Waals surface area contributed by atoms with Gasteiger partial charge in [-0.05, 0) is 30.5 Å². The Morgan fingerprint density at radius 3 is 2.32 bits per heavy atom. The monoisotopic (exact) mass is 409 g/mol. The van der Waals surface area contributed by atoms with Gasteiger partial charge < -0.3 is 4.52 Å². The average molecular weight is 409 g/mol. The van der Waals surface area contributed by atoms with E-state index in [1.54, 1.807) is 60.0 Å². The molecule has 0 bridgehead atoms. The maximum absolute atomic E-state index is 13.4. The van der Waals surface area contributed by atoms with Crippen LogP contribution < -0.4 is 0 Å². The first kappa shape index (κ1) is 18.3. The van der Waals surface area contributed by atoms with Gasteiger partial charge in [0.15, 0.2) is 16.3 Å². The van der Waals surface area contributed by atoms with E-state index in [2.05, 4.69) is 5.16 Å². The van der Waals surface area contributed by atoms with Gasteiger partial charge in [0.2, 0.25) is 15.6 Å². The van der Waals surface area contributed by atoms with Crippen LogP contribution >= 0.6 is 11.3 Å². The number of hydrogen-bond acceptors (Lipinski definition) is 6. The lowest BCUT2D eigenvalue weighted by molar-refractivity contribution is 0.102. The van der Waals surface area contributed by atoms with Crippen LogP contribution in [0.1, 0.15) is 21.6 Å². The minimum atomic E-state index is -4.01. The SMILES string of the molecule is Cc1ccc(C(=O)c2noc(-c3cccs3)c2S(=O)(=O)c2ccccc2)cc1. The summed E-state index contributed by atoms with van der Waals surface area (Å²) >= 11 is 1.31. The van der Waals surface area contributed by atoms with Crippen molar-refractivity contribution in [1.82, 2.24) is 5.16 Å². The van der Waals surface area contributed by atoms with E-state index in [0.717, 1.165) is 5.56 Å². The van der Waals surface area contributed by atoms with Crippen LogP contribution in [0.5, 0.6) is 0 Å². The molecule has 0 saturated carbocycles. The molecular weight excluding hydrogens is 394 g/mol. The van der Waals surface area contributed by atoms with E-state index >= 15 is 0 Å². The Bertz CT molecular complexity index is 1220. The van der Waals surface area contributed by atoms with E-state index in [9.17, 15) is 13.2 Å². The molecule has 0 amide bonds. The number of sulfone groups is 1. The first-order valence-corrected chi connectivity index (χ1v) is 10.8. The number of hydrogen-bond donors (Lipinski definition) is 0. The summed E-state index contributed by atoms with van der Waals surface area (Å²) in [5.74, 6) is -0.421. The number of benzene rings is 2. The Morgan fingerprint density at radius 2 is 1.68 bits per heavy atom. The van der Waals surface area contributed by atoms with Crippen molar-refractivity contribution in [2.24, 2.45) is 0 Å². The molecule has 0 saturated heterocycles. The Morgan fingerprint density at radius 1 is 0.964 bits per heavy atom. The van der Waals surface area contributed by atoms with Crippen molar-refractivity contribution < 1.29 is 17.7 Å². The molecule has 0 fully saturated rings. The Balaban J connectivity index is 1.94. The van der Waals surface area contributed by atoms with Crippen LogP contribution in [-0.4, -0.2) is 19.4 Å². The van der Waals surface area contributed by atoms with Gasteiger partial charge in [-0.2, -0.15) is 0 Å².